The van der Waals surface area contributed by atoms with Gasteiger partial charge in [0.1, 0.15) is 0 Å². The van der Waals surface area contributed by atoms with Gasteiger partial charge in [-0.3, -0.25) is 9.58 Å². The van der Waals surface area contributed by atoms with Crippen molar-refractivity contribution in [3.63, 3.8) is 0 Å². The number of aromatic nitrogens is 4. The van der Waals surface area contributed by atoms with E-state index < -0.39 is 0 Å². The van der Waals surface area contributed by atoms with Gasteiger partial charge >= 0.3 is 0 Å². The molecule has 0 radical (unpaired) electrons. The van der Waals surface area contributed by atoms with Crippen LogP contribution in [0.15, 0.2) is 22.9 Å². The van der Waals surface area contributed by atoms with E-state index in [9.17, 15) is 0 Å². The highest BCUT2D eigenvalue weighted by atomic mass is 16.5. The second-order valence-corrected chi connectivity index (χ2v) is 5.76. The Labute approximate surface area is 122 Å². The minimum atomic E-state index is 0.157. The van der Waals surface area contributed by atoms with Crippen LogP contribution in [0.3, 0.4) is 0 Å². The van der Waals surface area contributed by atoms with E-state index in [1.54, 1.807) is 6.20 Å². The molecule has 0 amide bonds. The Morgan fingerprint density at radius 3 is 3.05 bits per heavy atom. The van der Waals surface area contributed by atoms with Crippen LogP contribution in [0.5, 0.6) is 0 Å². The second-order valence-electron chi connectivity index (χ2n) is 5.76. The van der Waals surface area contributed by atoms with Gasteiger partial charge in [0.2, 0.25) is 11.8 Å². The van der Waals surface area contributed by atoms with E-state index in [4.69, 9.17) is 9.15 Å². The van der Waals surface area contributed by atoms with Crippen LogP contribution in [0.25, 0.3) is 0 Å². The van der Waals surface area contributed by atoms with Crippen LogP contribution in [0, 0.1) is 0 Å². The minimum Gasteiger partial charge on any atom is -0.424 e. The van der Waals surface area contributed by atoms with E-state index in [-0.39, 0.29) is 6.10 Å². The maximum absolute atomic E-state index is 5.80. The van der Waals surface area contributed by atoms with Crippen molar-refractivity contribution in [3.8, 4) is 0 Å². The van der Waals surface area contributed by atoms with Crippen molar-refractivity contribution in [3.05, 3.63) is 30.2 Å². The molecule has 0 spiro atoms. The van der Waals surface area contributed by atoms with Crippen molar-refractivity contribution < 1.29 is 9.15 Å². The van der Waals surface area contributed by atoms with Crippen molar-refractivity contribution in [2.24, 2.45) is 0 Å². The van der Waals surface area contributed by atoms with Gasteiger partial charge in [0.05, 0.1) is 25.8 Å². The molecule has 0 N–H and O–H groups in total. The first-order chi connectivity index (χ1) is 10.4. The van der Waals surface area contributed by atoms with E-state index in [0.29, 0.717) is 12.5 Å². The summed E-state index contributed by atoms with van der Waals surface area (Å²) in [5, 5.41) is 12.5. The Kier molecular flexibility index (Phi) is 3.44. The lowest BCUT2D eigenvalue weighted by atomic mass is 10.2. The zero-order valence-electron chi connectivity index (χ0n) is 11.9. The van der Waals surface area contributed by atoms with E-state index in [1.165, 1.54) is 12.8 Å². The van der Waals surface area contributed by atoms with Crippen LogP contribution in [0.1, 0.15) is 30.5 Å². The summed E-state index contributed by atoms with van der Waals surface area (Å²) in [4.78, 5) is 2.31. The van der Waals surface area contributed by atoms with Crippen LogP contribution >= 0.6 is 0 Å². The molecule has 2 fully saturated rings. The standard InChI is InChI=1S/C14H19N5O2/c1-4-15-19(5-1)9-12-8-18(6-7-20-12)10-13-16-17-14(21-13)11-2-3-11/h1,4-5,11-12H,2-3,6-10H2/t12-/m0/s1. The van der Waals surface area contributed by atoms with Gasteiger partial charge in [-0.1, -0.05) is 0 Å². The number of hydrogen-bond acceptors (Lipinski definition) is 6. The van der Waals surface area contributed by atoms with Gasteiger partial charge in [0, 0.05) is 31.4 Å². The molecule has 2 aromatic rings. The van der Waals surface area contributed by atoms with Gasteiger partial charge in [0.25, 0.3) is 0 Å². The number of ether oxygens (including phenoxy) is 1. The number of hydrogen-bond donors (Lipinski definition) is 0. The van der Waals surface area contributed by atoms with Gasteiger partial charge in [-0.15, -0.1) is 10.2 Å². The molecule has 7 nitrogen and oxygen atoms in total. The van der Waals surface area contributed by atoms with E-state index in [0.717, 1.165) is 38.0 Å². The van der Waals surface area contributed by atoms with Crippen molar-refractivity contribution in [2.45, 2.75) is 38.0 Å². The molecule has 4 rings (SSSR count). The topological polar surface area (TPSA) is 69.2 Å². The summed E-state index contributed by atoms with van der Waals surface area (Å²) >= 11 is 0. The maximum Gasteiger partial charge on any atom is 0.230 e. The normalized spacial score (nSPS) is 23.5. The first-order valence-electron chi connectivity index (χ1n) is 7.50. The van der Waals surface area contributed by atoms with Crippen LogP contribution in [-0.2, 0) is 17.8 Å². The fourth-order valence-electron chi connectivity index (χ4n) is 2.67. The molecule has 3 heterocycles. The lowest BCUT2D eigenvalue weighted by Crippen LogP contribution is -2.43. The molecule has 1 atom stereocenters. The summed E-state index contributed by atoms with van der Waals surface area (Å²) < 4.78 is 13.4. The second kappa shape index (κ2) is 5.57. The van der Waals surface area contributed by atoms with Crippen molar-refractivity contribution >= 4 is 0 Å². The SMILES string of the molecule is c1cnn(C[C@@H]2CN(Cc3nnc(C4CC4)o3)CCO2)c1. The number of morpholine rings is 1. The van der Waals surface area contributed by atoms with Gasteiger partial charge in [-0.05, 0) is 18.9 Å². The zero-order valence-corrected chi connectivity index (χ0v) is 11.9. The highest BCUT2D eigenvalue weighted by Gasteiger charge is 2.30. The van der Waals surface area contributed by atoms with E-state index >= 15 is 0 Å². The van der Waals surface area contributed by atoms with Crippen LogP contribution < -0.4 is 0 Å². The lowest BCUT2D eigenvalue weighted by Gasteiger charge is -2.31. The molecule has 112 valence electrons. The molecule has 1 aliphatic carbocycles. The predicted octanol–water partition coefficient (Wildman–Crippen LogP) is 1.04. The summed E-state index contributed by atoms with van der Waals surface area (Å²) in [5.41, 5.74) is 0. The Morgan fingerprint density at radius 1 is 1.29 bits per heavy atom. The molecule has 0 aromatic carbocycles. The smallest absolute Gasteiger partial charge is 0.230 e. The quantitative estimate of drug-likeness (QED) is 0.819. The average Bonchev–Trinajstić information content (AvgIpc) is 3.02. The average molecular weight is 289 g/mol. The molecule has 0 unspecified atom stereocenters. The molecule has 0 bridgehead atoms. The summed E-state index contributed by atoms with van der Waals surface area (Å²) in [5.74, 6) is 2.05. The van der Waals surface area contributed by atoms with Crippen LogP contribution in [-0.4, -0.2) is 50.7 Å². The third-order valence-electron chi connectivity index (χ3n) is 3.94. The molecule has 1 aliphatic heterocycles. The summed E-state index contributed by atoms with van der Waals surface area (Å²) in [7, 11) is 0. The fraction of sp³-hybridized carbons (Fsp3) is 0.643. The molecule has 1 saturated carbocycles. The Morgan fingerprint density at radius 2 is 2.24 bits per heavy atom. The van der Waals surface area contributed by atoms with Gasteiger partial charge in [-0.2, -0.15) is 5.10 Å². The zero-order chi connectivity index (χ0) is 14.1. The minimum absolute atomic E-state index is 0.157. The third kappa shape index (κ3) is 3.14. The highest BCUT2D eigenvalue weighted by Crippen LogP contribution is 2.39. The van der Waals surface area contributed by atoms with Crippen LogP contribution in [0.4, 0.5) is 0 Å². The third-order valence-corrected chi connectivity index (χ3v) is 3.94. The first-order valence-corrected chi connectivity index (χ1v) is 7.50. The summed E-state index contributed by atoms with van der Waals surface area (Å²) in [6, 6.07) is 1.93. The molecular formula is C14H19N5O2. The predicted molar refractivity (Wildman–Crippen MR) is 73.5 cm³/mol. The lowest BCUT2D eigenvalue weighted by molar-refractivity contribution is -0.0423. The van der Waals surface area contributed by atoms with E-state index in [1.807, 2.05) is 16.9 Å². The molecule has 1 saturated heterocycles. The largest absolute Gasteiger partial charge is 0.424 e. The van der Waals surface area contributed by atoms with Gasteiger partial charge in [0.15, 0.2) is 0 Å². The highest BCUT2D eigenvalue weighted by molar-refractivity contribution is 5.00. The molecule has 7 heteroatoms. The fourth-order valence-corrected chi connectivity index (χ4v) is 2.67. The summed E-state index contributed by atoms with van der Waals surface area (Å²) in [6.45, 7) is 3.98. The number of nitrogens with zero attached hydrogens (tertiary/aromatic N) is 5. The Balaban J connectivity index is 1.33. The molecule has 21 heavy (non-hydrogen) atoms. The van der Waals surface area contributed by atoms with Crippen molar-refractivity contribution in [2.75, 3.05) is 19.7 Å². The van der Waals surface area contributed by atoms with Gasteiger partial charge in [-0.25, -0.2) is 0 Å². The van der Waals surface area contributed by atoms with Gasteiger partial charge < -0.3 is 9.15 Å². The molecular weight excluding hydrogens is 270 g/mol. The Hall–Kier alpha value is -1.73. The molecule has 2 aromatic heterocycles. The van der Waals surface area contributed by atoms with Crippen molar-refractivity contribution in [1.29, 1.82) is 0 Å². The van der Waals surface area contributed by atoms with Crippen molar-refractivity contribution in [1.82, 2.24) is 24.9 Å². The summed E-state index contributed by atoms with van der Waals surface area (Å²) in [6.07, 6.45) is 6.28. The first kappa shape index (κ1) is 13.0. The monoisotopic (exact) mass is 289 g/mol. The van der Waals surface area contributed by atoms with Crippen LogP contribution in [0.2, 0.25) is 0 Å². The van der Waals surface area contributed by atoms with E-state index in [2.05, 4.69) is 20.2 Å². The maximum atomic E-state index is 5.80. The number of rotatable bonds is 5. The molecule has 2 aliphatic rings. The Bertz CT molecular complexity index is 578.